The van der Waals surface area contributed by atoms with Crippen molar-refractivity contribution in [2.75, 3.05) is 33.6 Å². The molecule has 3 amide bonds. The number of aromatic nitrogens is 4. The molecule has 4 fully saturated rings. The second-order valence-corrected chi connectivity index (χ2v) is 24.8. The van der Waals surface area contributed by atoms with Crippen molar-refractivity contribution in [3.05, 3.63) is 189 Å². The molecule has 3 heterocycles. The van der Waals surface area contributed by atoms with Crippen LogP contribution in [-0.4, -0.2) is 66.1 Å². The topological polar surface area (TPSA) is 202 Å². The SMILES string of the molecule is C=C(OCC)c1ccc(NC(=O)c2ccc(C(C)(C)C)cc2)cc1.Cc1cccc(Nc2nc3nonc3nc2C)c1.S=C(Nc1cccc(Cl)c1)NC12CC3CC(CC(C3)C1)C2.[C-]#[N+]C1=C(C)CC(=O)N=C1SCC(=O)Nc1ccc(C)cc1. The summed E-state index contributed by atoms with van der Waals surface area (Å²) < 4.78 is 9.97. The minimum Gasteiger partial charge on any atom is -0.494 e. The van der Waals surface area contributed by atoms with Gasteiger partial charge in [0.15, 0.2) is 10.9 Å². The third-order valence-corrected chi connectivity index (χ3v) is 16.3. The first-order valence-electron chi connectivity index (χ1n) is 28.3. The van der Waals surface area contributed by atoms with E-state index in [1.165, 1.54) is 49.7 Å². The molecule has 0 radical (unpaired) electrons. The molecule has 0 saturated heterocycles. The molecule has 1 aliphatic heterocycles. The predicted octanol–water partition coefficient (Wildman–Crippen LogP) is 15.4. The van der Waals surface area contributed by atoms with Crippen molar-refractivity contribution in [3.8, 4) is 0 Å². The van der Waals surface area contributed by atoms with Crippen molar-refractivity contribution in [1.82, 2.24) is 25.6 Å². The molecule has 85 heavy (non-hydrogen) atoms. The summed E-state index contributed by atoms with van der Waals surface area (Å²) in [5.74, 6) is 3.59. The Labute approximate surface area is 512 Å². The van der Waals surface area contributed by atoms with Crippen LogP contribution in [-0.2, 0) is 19.7 Å². The van der Waals surface area contributed by atoms with E-state index in [4.69, 9.17) is 35.1 Å². The number of halogens is 1. The number of hydrogen-bond acceptors (Lipinski definition) is 12. The number of nitrogens with zero attached hydrogens (tertiary/aromatic N) is 6. The molecule has 5 N–H and O–H groups in total. The largest absolute Gasteiger partial charge is 0.494 e. The first-order valence-corrected chi connectivity index (χ1v) is 30.1. The Kier molecular flexibility index (Phi) is 21.1. The van der Waals surface area contributed by atoms with Crippen LogP contribution in [0.1, 0.15) is 118 Å². The van der Waals surface area contributed by atoms with Gasteiger partial charge in [-0.3, -0.25) is 14.4 Å². The summed E-state index contributed by atoms with van der Waals surface area (Å²) in [7, 11) is 0. The molecule has 19 heteroatoms. The summed E-state index contributed by atoms with van der Waals surface area (Å²) in [4.78, 5) is 51.6. The quantitative estimate of drug-likeness (QED) is 0.0439. The van der Waals surface area contributed by atoms with Crippen molar-refractivity contribution < 1.29 is 23.7 Å². The summed E-state index contributed by atoms with van der Waals surface area (Å²) in [5.41, 5.74) is 11.4. The summed E-state index contributed by atoms with van der Waals surface area (Å²) in [6.07, 6.45) is 8.45. The molecular formula is C66H72ClN11O5S2. The normalized spacial score (nSPS) is 18.1. The van der Waals surface area contributed by atoms with E-state index in [1.807, 2.05) is 149 Å². The van der Waals surface area contributed by atoms with Gasteiger partial charge in [-0.1, -0.05) is 99.5 Å². The number of dihydropyridines is 1. The average molecular weight is 1200 g/mol. The molecule has 4 saturated carbocycles. The number of ether oxygens (including phenoxy) is 1. The molecule has 0 atom stereocenters. The predicted molar refractivity (Wildman–Crippen MR) is 347 cm³/mol. The first-order chi connectivity index (χ1) is 40.6. The third kappa shape index (κ3) is 17.9. The lowest BCUT2D eigenvalue weighted by Crippen LogP contribution is -2.60. The number of anilines is 5. The van der Waals surface area contributed by atoms with Crippen LogP contribution >= 0.6 is 35.6 Å². The summed E-state index contributed by atoms with van der Waals surface area (Å²) in [6.45, 7) is 27.6. The fourth-order valence-corrected chi connectivity index (χ4v) is 12.6. The van der Waals surface area contributed by atoms with Crippen molar-refractivity contribution in [2.24, 2.45) is 22.7 Å². The van der Waals surface area contributed by atoms with Crippen molar-refractivity contribution in [2.45, 2.75) is 111 Å². The van der Waals surface area contributed by atoms with Gasteiger partial charge in [-0.25, -0.2) is 24.4 Å². The molecule has 0 spiro atoms. The minimum absolute atomic E-state index is 0.0772. The second-order valence-electron chi connectivity index (χ2n) is 23.0. The second kappa shape index (κ2) is 28.6. The molecule has 2 aromatic heterocycles. The zero-order valence-electron chi connectivity index (χ0n) is 49.3. The maximum absolute atomic E-state index is 12.3. The van der Waals surface area contributed by atoms with Gasteiger partial charge in [0.1, 0.15) is 10.8 Å². The van der Waals surface area contributed by atoms with Gasteiger partial charge in [-0.2, -0.15) is 0 Å². The molecule has 12 rings (SSSR count). The number of amides is 3. The van der Waals surface area contributed by atoms with E-state index in [9.17, 15) is 14.4 Å². The van der Waals surface area contributed by atoms with Crippen LogP contribution in [0.25, 0.3) is 21.9 Å². The Bertz CT molecular complexity index is 3630. The van der Waals surface area contributed by atoms with Crippen LogP contribution < -0.4 is 26.6 Å². The molecule has 16 nitrogen and oxygen atoms in total. The maximum Gasteiger partial charge on any atom is 0.255 e. The third-order valence-electron chi connectivity index (χ3n) is 14.9. The zero-order valence-corrected chi connectivity index (χ0v) is 51.7. The number of nitrogens with one attached hydrogen (secondary N) is 5. The molecule has 0 unspecified atom stereocenters. The molecule has 5 aliphatic rings. The highest BCUT2D eigenvalue weighted by molar-refractivity contribution is 8.15. The number of hydrogen-bond donors (Lipinski definition) is 5. The highest BCUT2D eigenvalue weighted by atomic mass is 35.5. The van der Waals surface area contributed by atoms with Crippen molar-refractivity contribution in [1.29, 1.82) is 0 Å². The molecular weight excluding hydrogens is 1130 g/mol. The number of thiocarbonyl (C=S) groups is 1. The number of aryl methyl sites for hydroxylation is 3. The van der Waals surface area contributed by atoms with Gasteiger partial charge in [0.2, 0.25) is 28.8 Å². The van der Waals surface area contributed by atoms with Gasteiger partial charge < -0.3 is 31.3 Å². The Morgan fingerprint density at radius 3 is 1.99 bits per heavy atom. The number of benzene rings is 5. The Hall–Kier alpha value is -8.24. The summed E-state index contributed by atoms with van der Waals surface area (Å²) in [5, 5.41) is 25.0. The van der Waals surface area contributed by atoms with E-state index in [2.05, 4.69) is 88.7 Å². The van der Waals surface area contributed by atoms with E-state index in [1.54, 1.807) is 6.92 Å². The standard InChI is InChI=1S/C21H25NO2.C17H21ClN2S.C16H15N3O2S.C12H11N5O/c1-6-24-15(2)16-9-13-19(14-10-16)22-20(23)17-7-11-18(12-8-17)21(3,4)5;18-14-2-1-3-15(7-14)19-16(21)20-17-8-11-4-12(9-17)6-13(5-11)10-17;1-10-4-6-12(7-5-10)18-14(21)9-22-16-15(17-3)11(2)8-13(20)19-16;1-7-4-3-5-9(6-7)14-10-8(2)13-11-12(15-10)17-18-16-11/h7-14H,2,6H2,1,3-5H3,(H,22,23);1-3,7,11-13H,4-6,8-10H2,(H2,19,20,21);4-7H,8-9H2,1-2H3,(H,18,21);3-6H,1-2H3,(H,14,15,17). The van der Waals surface area contributed by atoms with Gasteiger partial charge in [-0.05, 0) is 202 Å². The van der Waals surface area contributed by atoms with Crippen molar-refractivity contribution >= 4 is 109 Å². The minimum atomic E-state index is -0.272. The maximum atomic E-state index is 12.3. The summed E-state index contributed by atoms with van der Waals surface area (Å²) in [6, 6.07) is 38.4. The fourth-order valence-electron chi connectivity index (χ4n) is 11.2. The Morgan fingerprint density at radius 2 is 1.38 bits per heavy atom. The number of aliphatic imine (C=N–C) groups is 1. The van der Waals surface area contributed by atoms with E-state index in [0.717, 1.165) is 79.2 Å². The van der Waals surface area contributed by atoms with Crippen LogP contribution in [0.3, 0.4) is 0 Å². The van der Waals surface area contributed by atoms with Crippen LogP contribution in [0.4, 0.5) is 28.6 Å². The number of carbonyl (C=O) groups excluding carboxylic acids is 3. The van der Waals surface area contributed by atoms with Crippen LogP contribution in [0.5, 0.6) is 0 Å². The first kappa shape index (κ1) is 62.8. The number of rotatable bonds is 12. The van der Waals surface area contributed by atoms with E-state index in [0.29, 0.717) is 51.4 Å². The van der Waals surface area contributed by atoms with Gasteiger partial charge in [0.25, 0.3) is 5.91 Å². The Morgan fingerprint density at radius 1 is 0.776 bits per heavy atom. The number of carbonyl (C=O) groups is 3. The molecule has 4 aliphatic carbocycles. The Balaban J connectivity index is 0.000000148. The van der Waals surface area contributed by atoms with E-state index in [-0.39, 0.29) is 40.8 Å². The lowest BCUT2D eigenvalue weighted by Gasteiger charge is -2.57. The average Bonchev–Trinajstić information content (AvgIpc) is 1.36. The molecule has 4 bridgehead atoms. The lowest BCUT2D eigenvalue weighted by molar-refractivity contribution is -0.117. The molecule has 5 aromatic carbocycles. The van der Waals surface area contributed by atoms with Gasteiger partial charge in [-0.15, -0.1) is 11.8 Å². The lowest BCUT2D eigenvalue weighted by atomic mass is 9.53. The fraction of sp³-hybridized carbons (Fsp3) is 0.333. The molecule has 7 aromatic rings. The highest BCUT2D eigenvalue weighted by Gasteiger charge is 2.51. The van der Waals surface area contributed by atoms with E-state index < -0.39 is 0 Å². The van der Waals surface area contributed by atoms with Gasteiger partial charge >= 0.3 is 0 Å². The van der Waals surface area contributed by atoms with Crippen LogP contribution in [0.15, 0.2) is 149 Å². The molecule has 440 valence electrons. The van der Waals surface area contributed by atoms with Crippen LogP contribution in [0, 0.1) is 45.1 Å². The van der Waals surface area contributed by atoms with Gasteiger partial charge in [0, 0.05) is 50.9 Å². The van der Waals surface area contributed by atoms with Crippen LogP contribution in [0.2, 0.25) is 5.02 Å². The zero-order chi connectivity index (χ0) is 60.8. The summed E-state index contributed by atoms with van der Waals surface area (Å²) >= 11 is 12.7. The number of thioether (sulfide) groups is 1. The number of fused-ring (bicyclic) bond motifs is 1. The monoisotopic (exact) mass is 1200 g/mol. The van der Waals surface area contributed by atoms with Gasteiger partial charge in [0.05, 0.1) is 24.6 Å². The van der Waals surface area contributed by atoms with Crippen molar-refractivity contribution in [3.63, 3.8) is 0 Å². The smallest absolute Gasteiger partial charge is 0.255 e. The highest BCUT2D eigenvalue weighted by Crippen LogP contribution is 2.55. The van der Waals surface area contributed by atoms with E-state index >= 15 is 0 Å².